The average Bonchev–Trinajstić information content (AvgIpc) is 2.18. The topological polar surface area (TPSA) is 15.3 Å². The van der Waals surface area contributed by atoms with Gasteiger partial charge in [-0.15, -0.1) is 6.42 Å². The molecule has 0 radical (unpaired) electrons. The van der Waals surface area contributed by atoms with Crippen LogP contribution in [-0.2, 0) is 0 Å². The number of hydrogen-bond acceptors (Lipinski definition) is 2. The number of nitrogens with zero attached hydrogens (tertiary/aromatic N) is 1. The van der Waals surface area contributed by atoms with E-state index >= 15 is 0 Å². The van der Waals surface area contributed by atoms with Crippen LogP contribution in [0.4, 0.5) is 0 Å². The van der Waals surface area contributed by atoms with Crippen LogP contribution < -0.4 is 5.32 Å². The average molecular weight is 194 g/mol. The first-order chi connectivity index (χ1) is 6.69. The summed E-state index contributed by atoms with van der Waals surface area (Å²) in [5.41, 5.74) is 0. The summed E-state index contributed by atoms with van der Waals surface area (Å²) in [6.45, 7) is 9.73. The molecule has 0 aliphatic carbocycles. The molecule has 0 bridgehead atoms. The van der Waals surface area contributed by atoms with Gasteiger partial charge in [0.05, 0.1) is 6.54 Å². The van der Waals surface area contributed by atoms with Crippen LogP contribution >= 0.6 is 0 Å². The molecule has 0 aromatic rings. The van der Waals surface area contributed by atoms with Gasteiger partial charge in [-0.3, -0.25) is 4.90 Å². The number of rotatable bonds is 3. The molecule has 2 unspecified atom stereocenters. The highest BCUT2D eigenvalue weighted by atomic mass is 15.2. The second-order valence-corrected chi connectivity index (χ2v) is 4.45. The number of terminal acetylenes is 1. The highest BCUT2D eigenvalue weighted by Crippen LogP contribution is 2.14. The molecule has 0 aromatic carbocycles. The molecule has 14 heavy (non-hydrogen) atoms. The van der Waals surface area contributed by atoms with Crippen LogP contribution in [0.25, 0.3) is 0 Å². The van der Waals surface area contributed by atoms with Crippen molar-refractivity contribution in [2.24, 2.45) is 5.92 Å². The van der Waals surface area contributed by atoms with Crippen LogP contribution in [-0.4, -0.2) is 36.6 Å². The standard InChI is InChI=1S/C12H22N2/c1-5-7-14-9-12(10(3)4)13-8-11(14)6-2/h1,10-13H,6-9H2,2-4H3. The van der Waals surface area contributed by atoms with Crippen LogP contribution in [0.15, 0.2) is 0 Å². The normalized spacial score (nSPS) is 29.1. The largest absolute Gasteiger partial charge is 0.311 e. The summed E-state index contributed by atoms with van der Waals surface area (Å²) in [5.74, 6) is 3.45. The number of nitrogens with one attached hydrogen (secondary N) is 1. The molecule has 0 saturated carbocycles. The van der Waals surface area contributed by atoms with Crippen molar-refractivity contribution < 1.29 is 0 Å². The molecule has 0 amide bonds. The van der Waals surface area contributed by atoms with E-state index in [9.17, 15) is 0 Å². The first-order valence-electron chi connectivity index (χ1n) is 5.59. The van der Waals surface area contributed by atoms with Gasteiger partial charge in [-0.1, -0.05) is 26.7 Å². The van der Waals surface area contributed by atoms with Crippen molar-refractivity contribution in [3.05, 3.63) is 0 Å². The third kappa shape index (κ3) is 2.73. The van der Waals surface area contributed by atoms with Crippen molar-refractivity contribution in [1.29, 1.82) is 0 Å². The maximum atomic E-state index is 5.39. The summed E-state index contributed by atoms with van der Waals surface area (Å²) in [6, 6.07) is 1.23. The molecule has 1 fully saturated rings. The van der Waals surface area contributed by atoms with Crippen LogP contribution in [0.2, 0.25) is 0 Å². The van der Waals surface area contributed by atoms with Crippen LogP contribution in [0.3, 0.4) is 0 Å². The van der Waals surface area contributed by atoms with Crippen molar-refractivity contribution in [2.75, 3.05) is 19.6 Å². The summed E-state index contributed by atoms with van der Waals surface area (Å²) in [7, 11) is 0. The van der Waals surface area contributed by atoms with Gasteiger partial charge in [0.25, 0.3) is 0 Å². The van der Waals surface area contributed by atoms with E-state index in [1.54, 1.807) is 0 Å². The fraction of sp³-hybridized carbons (Fsp3) is 0.833. The van der Waals surface area contributed by atoms with Gasteiger partial charge in [0.2, 0.25) is 0 Å². The predicted molar refractivity (Wildman–Crippen MR) is 61.1 cm³/mol. The Morgan fingerprint density at radius 2 is 2.29 bits per heavy atom. The fourth-order valence-electron chi connectivity index (χ4n) is 2.04. The maximum absolute atomic E-state index is 5.39. The summed E-state index contributed by atoms with van der Waals surface area (Å²) in [4.78, 5) is 2.43. The highest BCUT2D eigenvalue weighted by Gasteiger charge is 2.27. The summed E-state index contributed by atoms with van der Waals surface area (Å²) < 4.78 is 0. The number of hydrogen-bond donors (Lipinski definition) is 1. The van der Waals surface area contributed by atoms with Crippen LogP contribution in [0, 0.1) is 18.3 Å². The van der Waals surface area contributed by atoms with E-state index in [4.69, 9.17) is 6.42 Å². The van der Waals surface area contributed by atoms with E-state index in [0.29, 0.717) is 18.0 Å². The minimum atomic E-state index is 0.603. The molecule has 1 aliphatic heterocycles. The second-order valence-electron chi connectivity index (χ2n) is 4.45. The molecule has 1 saturated heterocycles. The Bertz CT molecular complexity index is 205. The molecule has 80 valence electrons. The number of piperazine rings is 1. The van der Waals surface area contributed by atoms with Gasteiger partial charge in [0, 0.05) is 25.2 Å². The van der Waals surface area contributed by atoms with Crippen molar-refractivity contribution in [3.63, 3.8) is 0 Å². The Morgan fingerprint density at radius 1 is 1.57 bits per heavy atom. The Kier molecular flexibility index (Phi) is 4.44. The summed E-state index contributed by atoms with van der Waals surface area (Å²) in [6.07, 6.45) is 6.57. The van der Waals surface area contributed by atoms with Crippen molar-refractivity contribution in [1.82, 2.24) is 10.2 Å². The van der Waals surface area contributed by atoms with Crippen molar-refractivity contribution >= 4 is 0 Å². The Hall–Kier alpha value is -0.520. The summed E-state index contributed by atoms with van der Waals surface area (Å²) >= 11 is 0. The van der Waals surface area contributed by atoms with Crippen LogP contribution in [0.1, 0.15) is 27.2 Å². The first kappa shape index (κ1) is 11.6. The van der Waals surface area contributed by atoms with Gasteiger partial charge in [-0.2, -0.15) is 0 Å². The van der Waals surface area contributed by atoms with E-state index in [-0.39, 0.29) is 0 Å². The van der Waals surface area contributed by atoms with Gasteiger partial charge in [0.15, 0.2) is 0 Å². The molecule has 0 spiro atoms. The predicted octanol–water partition coefficient (Wildman–Crippen LogP) is 1.33. The minimum Gasteiger partial charge on any atom is -0.311 e. The van der Waals surface area contributed by atoms with Gasteiger partial charge in [-0.05, 0) is 12.3 Å². The molecular formula is C12H22N2. The molecule has 2 nitrogen and oxygen atoms in total. The van der Waals surface area contributed by atoms with Gasteiger partial charge < -0.3 is 5.32 Å². The monoisotopic (exact) mass is 194 g/mol. The maximum Gasteiger partial charge on any atom is 0.0602 e. The minimum absolute atomic E-state index is 0.603. The van der Waals surface area contributed by atoms with Crippen molar-refractivity contribution in [2.45, 2.75) is 39.3 Å². The lowest BCUT2D eigenvalue weighted by Gasteiger charge is -2.40. The van der Waals surface area contributed by atoms with E-state index in [0.717, 1.165) is 19.6 Å². The molecule has 1 rings (SSSR count). The molecular weight excluding hydrogens is 172 g/mol. The molecule has 2 atom stereocenters. The van der Waals surface area contributed by atoms with E-state index in [1.807, 2.05) is 0 Å². The molecule has 1 N–H and O–H groups in total. The lowest BCUT2D eigenvalue weighted by Crippen LogP contribution is -2.57. The highest BCUT2D eigenvalue weighted by molar-refractivity contribution is 4.95. The third-order valence-electron chi connectivity index (χ3n) is 3.13. The Labute approximate surface area is 88.1 Å². The van der Waals surface area contributed by atoms with Crippen LogP contribution in [0.5, 0.6) is 0 Å². The lowest BCUT2D eigenvalue weighted by atomic mass is 9.98. The second kappa shape index (κ2) is 5.38. The lowest BCUT2D eigenvalue weighted by molar-refractivity contribution is 0.125. The zero-order valence-electron chi connectivity index (χ0n) is 9.59. The molecule has 0 aromatic heterocycles. The molecule has 1 heterocycles. The van der Waals surface area contributed by atoms with E-state index in [2.05, 4.69) is 36.9 Å². The Morgan fingerprint density at radius 3 is 2.79 bits per heavy atom. The summed E-state index contributed by atoms with van der Waals surface area (Å²) in [5, 5.41) is 3.60. The Balaban J connectivity index is 2.53. The zero-order chi connectivity index (χ0) is 10.6. The van der Waals surface area contributed by atoms with E-state index in [1.165, 1.54) is 6.42 Å². The third-order valence-corrected chi connectivity index (χ3v) is 3.13. The quantitative estimate of drug-likeness (QED) is 0.682. The SMILES string of the molecule is C#CCN1CC(C(C)C)NCC1CC. The van der Waals surface area contributed by atoms with Gasteiger partial charge in [-0.25, -0.2) is 0 Å². The molecule has 2 heteroatoms. The van der Waals surface area contributed by atoms with E-state index < -0.39 is 0 Å². The fourth-order valence-corrected chi connectivity index (χ4v) is 2.04. The smallest absolute Gasteiger partial charge is 0.0602 e. The van der Waals surface area contributed by atoms with Crippen molar-refractivity contribution in [3.8, 4) is 12.3 Å². The van der Waals surface area contributed by atoms with Gasteiger partial charge >= 0.3 is 0 Å². The first-order valence-corrected chi connectivity index (χ1v) is 5.59. The zero-order valence-corrected chi connectivity index (χ0v) is 9.59. The molecule has 1 aliphatic rings. The van der Waals surface area contributed by atoms with Gasteiger partial charge in [0.1, 0.15) is 0 Å².